The first-order valence-corrected chi connectivity index (χ1v) is 6.63. The van der Waals surface area contributed by atoms with E-state index in [1.807, 2.05) is 0 Å². The van der Waals surface area contributed by atoms with Gasteiger partial charge in [0.05, 0.1) is 6.61 Å². The normalized spacial score (nSPS) is 10.3. The minimum Gasteiger partial charge on any atom is -0.465 e. The molecule has 7 nitrogen and oxygen atoms in total. The van der Waals surface area contributed by atoms with Gasteiger partial charge in [0, 0.05) is 12.3 Å². The summed E-state index contributed by atoms with van der Waals surface area (Å²) in [5.74, 6) is -0.316. The van der Waals surface area contributed by atoms with Crippen LogP contribution in [-0.2, 0) is 16.1 Å². The minimum atomic E-state index is -0.419. The van der Waals surface area contributed by atoms with Gasteiger partial charge in [0.2, 0.25) is 0 Å². The second kappa shape index (κ2) is 6.38. The Hall–Kier alpha value is -2.09. The molecule has 1 amide bonds. The zero-order valence-corrected chi connectivity index (χ0v) is 12.2. The Balaban J connectivity index is 1.95. The molecule has 0 fully saturated rings. The van der Waals surface area contributed by atoms with Crippen LogP contribution < -0.4 is 5.32 Å². The van der Waals surface area contributed by atoms with Crippen LogP contribution in [0, 0.1) is 0 Å². The Morgan fingerprint density at radius 2 is 2.25 bits per heavy atom. The molecule has 2 aromatic heterocycles. The van der Waals surface area contributed by atoms with Crippen molar-refractivity contribution in [3.8, 4) is 0 Å². The average Bonchev–Trinajstić information content (AvgIpc) is 2.99. The third-order valence-electron chi connectivity index (χ3n) is 2.28. The average molecular weight is 342 g/mol. The monoisotopic (exact) mass is 341 g/mol. The van der Waals surface area contributed by atoms with Crippen LogP contribution in [0.25, 0.3) is 0 Å². The third kappa shape index (κ3) is 3.70. The van der Waals surface area contributed by atoms with Crippen molar-refractivity contribution in [2.24, 2.45) is 0 Å². The number of ether oxygens (including phenoxy) is 1. The van der Waals surface area contributed by atoms with Gasteiger partial charge in [-0.1, -0.05) is 0 Å². The molecule has 1 N–H and O–H groups in total. The highest BCUT2D eigenvalue weighted by Crippen LogP contribution is 2.15. The van der Waals surface area contributed by atoms with E-state index in [2.05, 4.69) is 26.3 Å². The molecule has 0 radical (unpaired) electrons. The van der Waals surface area contributed by atoms with Crippen molar-refractivity contribution < 1.29 is 18.7 Å². The summed E-state index contributed by atoms with van der Waals surface area (Å²) in [5, 5.41) is 6.59. The lowest BCUT2D eigenvalue weighted by molar-refractivity contribution is -0.144. The van der Waals surface area contributed by atoms with Crippen LogP contribution in [0.15, 0.2) is 33.5 Å². The molecular weight excluding hydrogens is 330 g/mol. The van der Waals surface area contributed by atoms with E-state index in [1.54, 1.807) is 25.3 Å². The van der Waals surface area contributed by atoms with E-state index in [9.17, 15) is 9.59 Å². The van der Waals surface area contributed by atoms with Crippen molar-refractivity contribution in [2.75, 3.05) is 11.9 Å². The molecule has 0 aliphatic heterocycles. The second-order valence-electron chi connectivity index (χ2n) is 3.76. The van der Waals surface area contributed by atoms with Crippen molar-refractivity contribution in [1.82, 2.24) is 9.78 Å². The molecule has 20 heavy (non-hydrogen) atoms. The van der Waals surface area contributed by atoms with Crippen LogP contribution in [0.4, 0.5) is 5.82 Å². The van der Waals surface area contributed by atoms with Gasteiger partial charge >= 0.3 is 5.97 Å². The van der Waals surface area contributed by atoms with Crippen molar-refractivity contribution in [3.63, 3.8) is 0 Å². The molecule has 0 unspecified atom stereocenters. The zero-order valence-electron chi connectivity index (χ0n) is 10.6. The van der Waals surface area contributed by atoms with Crippen molar-refractivity contribution >= 4 is 33.6 Å². The van der Waals surface area contributed by atoms with E-state index in [1.165, 1.54) is 10.7 Å². The zero-order chi connectivity index (χ0) is 14.5. The highest BCUT2D eigenvalue weighted by atomic mass is 79.9. The summed E-state index contributed by atoms with van der Waals surface area (Å²) in [6.45, 7) is 2.04. The molecule has 2 heterocycles. The molecule has 0 saturated heterocycles. The quantitative estimate of drug-likeness (QED) is 0.841. The summed E-state index contributed by atoms with van der Waals surface area (Å²) in [4.78, 5) is 23.1. The van der Waals surface area contributed by atoms with Gasteiger partial charge in [-0.05, 0) is 35.0 Å². The fraction of sp³-hybridized carbons (Fsp3) is 0.250. The van der Waals surface area contributed by atoms with E-state index < -0.39 is 5.91 Å². The first-order valence-electron chi connectivity index (χ1n) is 5.84. The van der Waals surface area contributed by atoms with Gasteiger partial charge in [-0.15, -0.1) is 0 Å². The Morgan fingerprint density at radius 1 is 1.45 bits per heavy atom. The number of furan rings is 1. The number of nitrogens with zero attached hydrogens (tertiary/aromatic N) is 2. The number of carbonyl (C=O) groups excluding carboxylic acids is 2. The number of hydrogen-bond donors (Lipinski definition) is 1. The fourth-order valence-electron chi connectivity index (χ4n) is 1.47. The predicted octanol–water partition coefficient (Wildman–Crippen LogP) is 2.05. The smallest absolute Gasteiger partial charge is 0.327 e. The second-order valence-corrected chi connectivity index (χ2v) is 4.54. The van der Waals surface area contributed by atoms with Gasteiger partial charge in [-0.3, -0.25) is 14.3 Å². The van der Waals surface area contributed by atoms with Gasteiger partial charge < -0.3 is 14.5 Å². The summed E-state index contributed by atoms with van der Waals surface area (Å²) in [6.07, 6.45) is 1.57. The molecule has 0 aromatic carbocycles. The first kappa shape index (κ1) is 14.3. The number of anilines is 1. The molecule has 0 saturated carbocycles. The third-order valence-corrected chi connectivity index (χ3v) is 2.70. The van der Waals surface area contributed by atoms with Crippen LogP contribution >= 0.6 is 15.9 Å². The number of rotatable bonds is 5. The highest BCUT2D eigenvalue weighted by Gasteiger charge is 2.12. The largest absolute Gasteiger partial charge is 0.465 e. The standard InChI is InChI=1S/C12H12BrN3O4/c1-2-19-11(17)7-16-6-5-10(15-16)14-12(18)8-3-4-9(13)20-8/h3-6H,2,7H2,1H3,(H,14,15,18). The number of aromatic nitrogens is 2. The Bertz CT molecular complexity index is 620. The number of esters is 1. The molecule has 2 aromatic rings. The van der Waals surface area contributed by atoms with Crippen LogP contribution in [0.5, 0.6) is 0 Å². The first-order chi connectivity index (χ1) is 9.58. The van der Waals surface area contributed by atoms with Crippen LogP contribution in [0.1, 0.15) is 17.5 Å². The molecule has 0 aliphatic carbocycles. The van der Waals surface area contributed by atoms with Gasteiger partial charge in [0.15, 0.2) is 16.2 Å². The van der Waals surface area contributed by atoms with Crippen molar-refractivity contribution in [3.05, 3.63) is 34.8 Å². The maximum absolute atomic E-state index is 11.8. The van der Waals surface area contributed by atoms with Crippen LogP contribution in [0.2, 0.25) is 0 Å². The molecule has 2 rings (SSSR count). The summed E-state index contributed by atoms with van der Waals surface area (Å²) in [7, 11) is 0. The predicted molar refractivity (Wildman–Crippen MR) is 73.2 cm³/mol. The van der Waals surface area contributed by atoms with Gasteiger partial charge in [0.25, 0.3) is 5.91 Å². The summed E-state index contributed by atoms with van der Waals surface area (Å²) >= 11 is 3.11. The molecule has 0 aliphatic rings. The van der Waals surface area contributed by atoms with E-state index in [0.717, 1.165) is 0 Å². The van der Waals surface area contributed by atoms with E-state index >= 15 is 0 Å². The van der Waals surface area contributed by atoms with Crippen molar-refractivity contribution in [2.45, 2.75) is 13.5 Å². The Kier molecular flexibility index (Phi) is 4.57. The number of carbonyl (C=O) groups is 2. The van der Waals surface area contributed by atoms with E-state index in [-0.39, 0.29) is 18.3 Å². The molecule has 0 bridgehead atoms. The number of nitrogens with one attached hydrogen (secondary N) is 1. The lowest BCUT2D eigenvalue weighted by Crippen LogP contribution is -2.15. The fourth-order valence-corrected chi connectivity index (χ4v) is 1.78. The molecule has 0 spiro atoms. The lowest BCUT2D eigenvalue weighted by Gasteiger charge is -2.01. The Morgan fingerprint density at radius 3 is 2.90 bits per heavy atom. The number of hydrogen-bond acceptors (Lipinski definition) is 5. The van der Waals surface area contributed by atoms with E-state index in [4.69, 9.17) is 9.15 Å². The van der Waals surface area contributed by atoms with E-state index in [0.29, 0.717) is 17.1 Å². The molecule has 0 atom stereocenters. The maximum Gasteiger partial charge on any atom is 0.327 e. The summed E-state index contributed by atoms with van der Waals surface area (Å²) in [6, 6.07) is 4.73. The topological polar surface area (TPSA) is 86.4 Å². The van der Waals surface area contributed by atoms with Crippen molar-refractivity contribution in [1.29, 1.82) is 0 Å². The lowest BCUT2D eigenvalue weighted by atomic mass is 10.4. The SMILES string of the molecule is CCOC(=O)Cn1ccc(NC(=O)c2ccc(Br)o2)n1. The molecular formula is C12H12BrN3O4. The molecule has 8 heteroatoms. The van der Waals surface area contributed by atoms with Crippen LogP contribution in [-0.4, -0.2) is 28.3 Å². The molecule has 106 valence electrons. The summed E-state index contributed by atoms with van der Waals surface area (Å²) < 4.78 is 11.8. The van der Waals surface area contributed by atoms with Gasteiger partial charge in [-0.2, -0.15) is 5.10 Å². The van der Waals surface area contributed by atoms with Crippen LogP contribution in [0.3, 0.4) is 0 Å². The Labute approximate surface area is 123 Å². The number of halogens is 1. The summed E-state index contributed by atoms with van der Waals surface area (Å²) in [5.41, 5.74) is 0. The van der Waals surface area contributed by atoms with Gasteiger partial charge in [-0.25, -0.2) is 0 Å². The number of amides is 1. The highest BCUT2D eigenvalue weighted by molar-refractivity contribution is 9.10. The van der Waals surface area contributed by atoms with Gasteiger partial charge in [0.1, 0.15) is 6.54 Å². The maximum atomic E-state index is 11.8. The minimum absolute atomic E-state index is 0.00396.